The molecule has 1 aromatic heterocycles. The van der Waals surface area contributed by atoms with Gasteiger partial charge < -0.3 is 9.40 Å². The lowest BCUT2D eigenvalue weighted by Crippen LogP contribution is -1.89. The molecule has 0 bridgehead atoms. The third kappa shape index (κ3) is 1.25. The maximum absolute atomic E-state index is 5.19. The topological polar surface area (TPSA) is 41.3 Å². The Bertz CT molecular complexity index is 365. The number of aromatic nitrogens is 1. The van der Waals surface area contributed by atoms with Crippen LogP contribution in [-0.4, -0.2) is 17.2 Å². The van der Waals surface area contributed by atoms with E-state index < -0.39 is 0 Å². The first-order valence-electron chi connectivity index (χ1n) is 3.70. The van der Waals surface area contributed by atoms with Gasteiger partial charge in [0, 0.05) is 0 Å². The van der Waals surface area contributed by atoms with Crippen LogP contribution in [0.2, 0.25) is 0 Å². The van der Waals surface area contributed by atoms with Gasteiger partial charge in [-0.1, -0.05) is 6.08 Å². The molecular weight excluding hydrogens is 172 g/mol. The van der Waals surface area contributed by atoms with Crippen molar-refractivity contribution < 1.29 is 4.42 Å². The Hall–Kier alpha value is -1.16. The normalized spacial score (nSPS) is 20.6. The SMILES string of the molecule is CC1C=Cc2[nH]c(=S)oc2C=N1. The van der Waals surface area contributed by atoms with E-state index in [0.29, 0.717) is 10.6 Å². The first-order chi connectivity index (χ1) is 5.75. The van der Waals surface area contributed by atoms with Crippen molar-refractivity contribution in [2.24, 2.45) is 4.99 Å². The van der Waals surface area contributed by atoms with Crippen LogP contribution in [0.3, 0.4) is 0 Å². The van der Waals surface area contributed by atoms with Gasteiger partial charge in [-0.05, 0) is 25.2 Å². The Labute approximate surface area is 74.8 Å². The number of rotatable bonds is 0. The molecule has 1 aliphatic rings. The molecule has 0 amide bonds. The fraction of sp³-hybridized carbons (Fsp3) is 0.250. The Balaban J connectivity index is 2.56. The minimum atomic E-state index is 0.203. The van der Waals surface area contributed by atoms with E-state index >= 15 is 0 Å². The summed E-state index contributed by atoms with van der Waals surface area (Å²) in [7, 11) is 0. The molecule has 1 N–H and O–H groups in total. The van der Waals surface area contributed by atoms with Crippen LogP contribution in [0.1, 0.15) is 18.4 Å². The van der Waals surface area contributed by atoms with Crippen LogP contribution in [0, 0.1) is 4.84 Å². The first-order valence-corrected chi connectivity index (χ1v) is 4.11. The molecule has 0 saturated carbocycles. The maximum Gasteiger partial charge on any atom is 0.266 e. The maximum atomic E-state index is 5.19. The summed E-state index contributed by atoms with van der Waals surface area (Å²) in [6.45, 7) is 2.01. The molecule has 62 valence electrons. The second kappa shape index (κ2) is 2.71. The average Bonchev–Trinajstić information content (AvgIpc) is 2.31. The molecule has 1 aromatic rings. The second-order valence-electron chi connectivity index (χ2n) is 2.67. The van der Waals surface area contributed by atoms with E-state index in [-0.39, 0.29) is 6.04 Å². The number of nitrogens with zero attached hydrogens (tertiary/aromatic N) is 1. The number of nitrogens with one attached hydrogen (secondary N) is 1. The molecule has 4 heteroatoms. The summed E-state index contributed by atoms with van der Waals surface area (Å²) in [4.78, 5) is 7.53. The zero-order chi connectivity index (χ0) is 8.55. The number of aliphatic imine (C=N–C) groups is 1. The first kappa shape index (κ1) is 7.49. The van der Waals surface area contributed by atoms with Crippen molar-refractivity contribution in [2.75, 3.05) is 0 Å². The minimum absolute atomic E-state index is 0.203. The quantitative estimate of drug-likeness (QED) is 0.622. The summed E-state index contributed by atoms with van der Waals surface area (Å²) in [5.41, 5.74) is 0.896. The van der Waals surface area contributed by atoms with E-state index in [4.69, 9.17) is 16.6 Å². The van der Waals surface area contributed by atoms with Crippen molar-refractivity contribution in [3.8, 4) is 0 Å². The third-order valence-electron chi connectivity index (χ3n) is 1.67. The predicted molar refractivity (Wildman–Crippen MR) is 50.0 cm³/mol. The molecule has 0 aromatic carbocycles. The number of fused-ring (bicyclic) bond motifs is 1. The standard InChI is InChI=1S/C8H8N2OS/c1-5-2-3-6-7(4-9-5)11-8(12)10-6/h2-5H,1H3,(H,10,12). The number of oxazole rings is 1. The molecule has 1 unspecified atom stereocenters. The van der Waals surface area contributed by atoms with E-state index in [9.17, 15) is 0 Å². The van der Waals surface area contributed by atoms with Crippen molar-refractivity contribution in [3.05, 3.63) is 22.4 Å². The molecule has 0 radical (unpaired) electrons. The molecule has 0 spiro atoms. The van der Waals surface area contributed by atoms with Gasteiger partial charge in [-0.15, -0.1) is 0 Å². The third-order valence-corrected chi connectivity index (χ3v) is 1.86. The van der Waals surface area contributed by atoms with Gasteiger partial charge in [0.2, 0.25) is 0 Å². The lowest BCUT2D eigenvalue weighted by molar-refractivity contribution is 0.534. The van der Waals surface area contributed by atoms with Crippen LogP contribution >= 0.6 is 12.2 Å². The second-order valence-corrected chi connectivity index (χ2v) is 3.04. The fourth-order valence-electron chi connectivity index (χ4n) is 1.04. The minimum Gasteiger partial charge on any atom is -0.428 e. The van der Waals surface area contributed by atoms with Crippen molar-refractivity contribution in [1.29, 1.82) is 0 Å². The molecule has 2 rings (SSSR count). The fourth-order valence-corrected chi connectivity index (χ4v) is 1.24. The summed E-state index contributed by atoms with van der Waals surface area (Å²) in [6.07, 6.45) is 5.63. The highest BCUT2D eigenvalue weighted by Gasteiger charge is 2.06. The molecule has 0 aliphatic carbocycles. The summed E-state index contributed by atoms with van der Waals surface area (Å²) in [5, 5.41) is 0. The summed E-state index contributed by atoms with van der Waals surface area (Å²) in [5.74, 6) is 0.709. The van der Waals surface area contributed by atoms with Gasteiger partial charge in [-0.3, -0.25) is 4.99 Å². The summed E-state index contributed by atoms with van der Waals surface area (Å²) in [6, 6.07) is 0.203. The molecule has 1 aliphatic heterocycles. The zero-order valence-corrected chi connectivity index (χ0v) is 7.39. The van der Waals surface area contributed by atoms with Gasteiger partial charge in [-0.25, -0.2) is 0 Å². The van der Waals surface area contributed by atoms with Gasteiger partial charge in [0.15, 0.2) is 5.76 Å². The smallest absolute Gasteiger partial charge is 0.266 e. The predicted octanol–water partition coefficient (Wildman–Crippen LogP) is 2.17. The van der Waals surface area contributed by atoms with E-state index in [1.54, 1.807) is 6.21 Å². The monoisotopic (exact) mass is 180 g/mol. The van der Waals surface area contributed by atoms with Gasteiger partial charge >= 0.3 is 0 Å². The van der Waals surface area contributed by atoms with Gasteiger partial charge in [0.1, 0.15) is 0 Å². The van der Waals surface area contributed by atoms with Gasteiger partial charge in [-0.2, -0.15) is 0 Å². The van der Waals surface area contributed by atoms with E-state index in [0.717, 1.165) is 5.69 Å². The lowest BCUT2D eigenvalue weighted by Gasteiger charge is -1.91. The molecular formula is C8H8N2OS. The number of H-pyrrole nitrogens is 1. The Kier molecular flexibility index (Phi) is 1.69. The van der Waals surface area contributed by atoms with Crippen molar-refractivity contribution in [3.63, 3.8) is 0 Å². The Morgan fingerprint density at radius 3 is 3.33 bits per heavy atom. The van der Waals surface area contributed by atoms with Crippen LogP contribution in [0.25, 0.3) is 6.08 Å². The molecule has 2 heterocycles. The van der Waals surface area contributed by atoms with Crippen molar-refractivity contribution in [2.45, 2.75) is 13.0 Å². The number of hydrogen-bond donors (Lipinski definition) is 1. The Morgan fingerprint density at radius 1 is 1.67 bits per heavy atom. The molecule has 12 heavy (non-hydrogen) atoms. The summed E-state index contributed by atoms with van der Waals surface area (Å²) >= 11 is 4.84. The molecule has 3 nitrogen and oxygen atoms in total. The lowest BCUT2D eigenvalue weighted by atomic mass is 10.3. The zero-order valence-electron chi connectivity index (χ0n) is 6.57. The van der Waals surface area contributed by atoms with Crippen LogP contribution in [0.15, 0.2) is 15.5 Å². The van der Waals surface area contributed by atoms with Crippen LogP contribution in [0.4, 0.5) is 0 Å². The summed E-state index contributed by atoms with van der Waals surface area (Å²) < 4.78 is 5.19. The molecule has 0 fully saturated rings. The number of hydrogen-bond acceptors (Lipinski definition) is 3. The van der Waals surface area contributed by atoms with Gasteiger partial charge in [0.25, 0.3) is 4.84 Å². The van der Waals surface area contributed by atoms with Crippen molar-refractivity contribution >= 4 is 24.5 Å². The average molecular weight is 180 g/mol. The highest BCUT2D eigenvalue weighted by molar-refractivity contribution is 7.71. The van der Waals surface area contributed by atoms with Crippen LogP contribution in [-0.2, 0) is 0 Å². The van der Waals surface area contributed by atoms with Gasteiger partial charge in [0.05, 0.1) is 18.0 Å². The van der Waals surface area contributed by atoms with Crippen LogP contribution < -0.4 is 0 Å². The largest absolute Gasteiger partial charge is 0.428 e. The highest BCUT2D eigenvalue weighted by Crippen LogP contribution is 2.12. The van der Waals surface area contributed by atoms with E-state index in [2.05, 4.69) is 9.98 Å². The molecule has 1 atom stereocenters. The number of aromatic amines is 1. The molecule has 0 saturated heterocycles. The van der Waals surface area contributed by atoms with Crippen LogP contribution in [0.5, 0.6) is 0 Å². The van der Waals surface area contributed by atoms with Crippen molar-refractivity contribution in [1.82, 2.24) is 4.98 Å². The highest BCUT2D eigenvalue weighted by atomic mass is 32.1. The van der Waals surface area contributed by atoms with E-state index in [1.807, 2.05) is 19.1 Å². The van der Waals surface area contributed by atoms with E-state index in [1.165, 1.54) is 0 Å². The Morgan fingerprint density at radius 2 is 2.50 bits per heavy atom.